The van der Waals surface area contributed by atoms with Gasteiger partial charge in [-0.25, -0.2) is 4.79 Å². The second-order valence-electron chi connectivity index (χ2n) is 5.97. The lowest BCUT2D eigenvalue weighted by molar-refractivity contribution is 0.159. The molecule has 4 heteroatoms. The molecule has 1 heterocycles. The maximum absolute atomic E-state index is 12.1. The van der Waals surface area contributed by atoms with Crippen molar-refractivity contribution in [1.82, 2.24) is 10.2 Å². The maximum atomic E-state index is 12.1. The van der Waals surface area contributed by atoms with Crippen LogP contribution >= 0.6 is 0 Å². The van der Waals surface area contributed by atoms with Crippen molar-refractivity contribution in [3.63, 3.8) is 0 Å². The first kappa shape index (κ1) is 13.7. The Hall–Kier alpha value is -0.770. The predicted octanol–water partition coefficient (Wildman–Crippen LogP) is 2.09. The molecule has 0 spiro atoms. The van der Waals surface area contributed by atoms with Crippen molar-refractivity contribution in [3.8, 4) is 0 Å². The van der Waals surface area contributed by atoms with Crippen molar-refractivity contribution in [2.75, 3.05) is 13.1 Å². The maximum Gasteiger partial charge on any atom is 0.317 e. The quantitative estimate of drug-likeness (QED) is 0.791. The first-order valence-corrected chi connectivity index (χ1v) is 7.48. The van der Waals surface area contributed by atoms with Crippen molar-refractivity contribution < 1.29 is 4.79 Å². The van der Waals surface area contributed by atoms with Crippen molar-refractivity contribution in [3.05, 3.63) is 0 Å². The Balaban J connectivity index is 1.73. The second-order valence-corrected chi connectivity index (χ2v) is 5.97. The standard InChI is InChI=1S/C14H27N3O/c1-11(15)12-7-9-17(10-8-12)14(18)16-13-5-3-2-4-6-13/h11-13H,2-10,15H2,1H3,(H,16,18). The molecule has 18 heavy (non-hydrogen) atoms. The van der Waals surface area contributed by atoms with Gasteiger partial charge in [0, 0.05) is 25.2 Å². The van der Waals surface area contributed by atoms with E-state index in [4.69, 9.17) is 5.73 Å². The van der Waals surface area contributed by atoms with E-state index >= 15 is 0 Å². The van der Waals surface area contributed by atoms with E-state index in [9.17, 15) is 4.79 Å². The summed E-state index contributed by atoms with van der Waals surface area (Å²) in [4.78, 5) is 14.1. The van der Waals surface area contributed by atoms with Crippen LogP contribution in [0.5, 0.6) is 0 Å². The normalized spacial score (nSPS) is 24.9. The predicted molar refractivity (Wildman–Crippen MR) is 73.4 cm³/mol. The van der Waals surface area contributed by atoms with Crippen molar-refractivity contribution >= 4 is 6.03 Å². The van der Waals surface area contributed by atoms with Crippen LogP contribution in [0.3, 0.4) is 0 Å². The molecule has 0 aromatic heterocycles. The van der Waals surface area contributed by atoms with E-state index in [-0.39, 0.29) is 12.1 Å². The minimum Gasteiger partial charge on any atom is -0.335 e. The minimum absolute atomic E-state index is 0.144. The largest absolute Gasteiger partial charge is 0.335 e. The summed E-state index contributed by atoms with van der Waals surface area (Å²) in [5, 5.41) is 3.19. The molecule has 2 amide bonds. The fourth-order valence-electron chi connectivity index (χ4n) is 3.14. The van der Waals surface area contributed by atoms with Crippen LogP contribution in [0.4, 0.5) is 4.79 Å². The van der Waals surface area contributed by atoms with Crippen LogP contribution in [0.25, 0.3) is 0 Å². The zero-order valence-corrected chi connectivity index (χ0v) is 11.5. The molecule has 1 aliphatic carbocycles. The summed E-state index contributed by atoms with van der Waals surface area (Å²) in [7, 11) is 0. The van der Waals surface area contributed by atoms with E-state index in [1.165, 1.54) is 19.3 Å². The van der Waals surface area contributed by atoms with Gasteiger partial charge in [-0.3, -0.25) is 0 Å². The van der Waals surface area contributed by atoms with Crippen LogP contribution in [-0.2, 0) is 0 Å². The van der Waals surface area contributed by atoms with E-state index in [2.05, 4.69) is 12.2 Å². The molecule has 1 aliphatic heterocycles. The average molecular weight is 253 g/mol. The smallest absolute Gasteiger partial charge is 0.317 e. The van der Waals surface area contributed by atoms with Gasteiger partial charge in [0.2, 0.25) is 0 Å². The number of nitrogens with one attached hydrogen (secondary N) is 1. The summed E-state index contributed by atoms with van der Waals surface area (Å²) in [6, 6.07) is 0.816. The van der Waals surface area contributed by atoms with E-state index in [1.807, 2.05) is 4.90 Å². The molecule has 2 fully saturated rings. The Kier molecular flexibility index (Phi) is 4.87. The topological polar surface area (TPSA) is 58.4 Å². The molecule has 1 saturated carbocycles. The van der Waals surface area contributed by atoms with Gasteiger partial charge < -0.3 is 16.0 Å². The Labute approximate surface area is 110 Å². The molecule has 4 nitrogen and oxygen atoms in total. The highest BCUT2D eigenvalue weighted by Crippen LogP contribution is 2.21. The average Bonchev–Trinajstić information content (AvgIpc) is 2.40. The van der Waals surface area contributed by atoms with Crippen molar-refractivity contribution in [2.45, 2.75) is 64.0 Å². The van der Waals surface area contributed by atoms with Crippen LogP contribution in [0, 0.1) is 5.92 Å². The van der Waals surface area contributed by atoms with Crippen LogP contribution in [-0.4, -0.2) is 36.1 Å². The molecule has 1 saturated heterocycles. The van der Waals surface area contributed by atoms with Gasteiger partial charge in [0.15, 0.2) is 0 Å². The van der Waals surface area contributed by atoms with Crippen LogP contribution in [0.1, 0.15) is 51.9 Å². The monoisotopic (exact) mass is 253 g/mol. The Morgan fingerprint density at radius 1 is 1.17 bits per heavy atom. The molecule has 0 aromatic rings. The van der Waals surface area contributed by atoms with Crippen molar-refractivity contribution in [2.24, 2.45) is 11.7 Å². The molecule has 2 rings (SSSR count). The van der Waals surface area contributed by atoms with Gasteiger partial charge in [-0.1, -0.05) is 19.3 Å². The van der Waals surface area contributed by atoms with Gasteiger partial charge in [0.1, 0.15) is 0 Å². The van der Waals surface area contributed by atoms with Gasteiger partial charge >= 0.3 is 6.03 Å². The molecular formula is C14H27N3O. The van der Waals surface area contributed by atoms with Gasteiger partial charge in [0.05, 0.1) is 0 Å². The van der Waals surface area contributed by atoms with Crippen LogP contribution in [0.2, 0.25) is 0 Å². The highest BCUT2D eigenvalue weighted by Gasteiger charge is 2.26. The number of hydrogen-bond donors (Lipinski definition) is 2. The second kappa shape index (κ2) is 6.41. The Morgan fingerprint density at radius 2 is 1.78 bits per heavy atom. The number of carbonyl (C=O) groups is 1. The fraction of sp³-hybridized carbons (Fsp3) is 0.929. The zero-order valence-electron chi connectivity index (χ0n) is 11.5. The molecule has 0 aromatic carbocycles. The number of hydrogen-bond acceptors (Lipinski definition) is 2. The lowest BCUT2D eigenvalue weighted by Crippen LogP contribution is -2.49. The van der Waals surface area contributed by atoms with E-state index in [1.54, 1.807) is 0 Å². The van der Waals surface area contributed by atoms with E-state index in [0.29, 0.717) is 12.0 Å². The molecule has 3 N–H and O–H groups in total. The van der Waals surface area contributed by atoms with Gasteiger partial charge in [0.25, 0.3) is 0 Å². The number of carbonyl (C=O) groups excluding carboxylic acids is 1. The summed E-state index contributed by atoms with van der Waals surface area (Å²) in [6.07, 6.45) is 8.26. The summed E-state index contributed by atoms with van der Waals surface area (Å²) in [6.45, 7) is 3.80. The highest BCUT2D eigenvalue weighted by molar-refractivity contribution is 5.74. The number of amides is 2. The Morgan fingerprint density at radius 3 is 2.33 bits per heavy atom. The fourth-order valence-corrected chi connectivity index (χ4v) is 3.14. The lowest BCUT2D eigenvalue weighted by Gasteiger charge is -2.35. The molecule has 0 radical (unpaired) electrons. The molecular weight excluding hydrogens is 226 g/mol. The van der Waals surface area contributed by atoms with Gasteiger partial charge in [-0.2, -0.15) is 0 Å². The van der Waals surface area contributed by atoms with E-state index < -0.39 is 0 Å². The number of rotatable bonds is 2. The van der Waals surface area contributed by atoms with Crippen LogP contribution in [0.15, 0.2) is 0 Å². The third-order valence-electron chi connectivity index (χ3n) is 4.50. The number of nitrogens with two attached hydrogens (primary N) is 1. The molecule has 1 atom stereocenters. The first-order chi connectivity index (χ1) is 8.66. The number of nitrogens with zero attached hydrogens (tertiary/aromatic N) is 1. The SMILES string of the molecule is CC(N)C1CCN(C(=O)NC2CCCCC2)CC1. The van der Waals surface area contributed by atoms with Gasteiger partial charge in [-0.05, 0) is 38.5 Å². The van der Waals surface area contributed by atoms with E-state index in [0.717, 1.165) is 38.8 Å². The molecule has 0 bridgehead atoms. The Bertz CT molecular complexity index is 266. The summed E-state index contributed by atoms with van der Waals surface area (Å²) < 4.78 is 0. The lowest BCUT2D eigenvalue weighted by atomic mass is 9.91. The molecule has 1 unspecified atom stereocenters. The third kappa shape index (κ3) is 3.61. The number of urea groups is 1. The summed E-state index contributed by atoms with van der Waals surface area (Å²) >= 11 is 0. The van der Waals surface area contributed by atoms with Gasteiger partial charge in [-0.15, -0.1) is 0 Å². The molecule has 104 valence electrons. The summed E-state index contributed by atoms with van der Waals surface area (Å²) in [5.41, 5.74) is 5.92. The minimum atomic E-state index is 0.144. The summed E-state index contributed by atoms with van der Waals surface area (Å²) in [5.74, 6) is 0.587. The number of likely N-dealkylation sites (tertiary alicyclic amines) is 1. The first-order valence-electron chi connectivity index (χ1n) is 7.48. The zero-order chi connectivity index (χ0) is 13.0. The highest BCUT2D eigenvalue weighted by atomic mass is 16.2. The van der Waals surface area contributed by atoms with Crippen LogP contribution < -0.4 is 11.1 Å². The third-order valence-corrected chi connectivity index (χ3v) is 4.50. The van der Waals surface area contributed by atoms with Crippen molar-refractivity contribution in [1.29, 1.82) is 0 Å². The number of piperidine rings is 1. The molecule has 2 aliphatic rings.